The Morgan fingerprint density at radius 1 is 1.03 bits per heavy atom. The third-order valence-electron chi connectivity index (χ3n) is 5.34. The largest absolute Gasteiger partial charge is 0.481 e. The number of nitrogens with one attached hydrogen (secondary N) is 1. The Labute approximate surface area is 180 Å². The van der Waals surface area contributed by atoms with Gasteiger partial charge in [0.15, 0.2) is 11.6 Å². The average Bonchev–Trinajstić information content (AvgIpc) is 2.72. The first kappa shape index (κ1) is 22.8. The lowest BCUT2D eigenvalue weighted by atomic mass is 9.93. The molecule has 31 heavy (non-hydrogen) atoms. The van der Waals surface area contributed by atoms with E-state index in [0.29, 0.717) is 12.0 Å². The van der Waals surface area contributed by atoms with Crippen molar-refractivity contribution in [3.05, 3.63) is 82.9 Å². The Balaban J connectivity index is 1.68. The Hall–Kier alpha value is -2.83. The second-order valence-corrected chi connectivity index (χ2v) is 8.51. The summed E-state index contributed by atoms with van der Waals surface area (Å²) in [6.45, 7) is 3.99. The number of carboxylic acids is 1. The Morgan fingerprint density at radius 3 is 2.45 bits per heavy atom. The van der Waals surface area contributed by atoms with Crippen molar-refractivity contribution >= 4 is 16.7 Å². The number of fused-ring (bicyclic) bond motifs is 1. The molecule has 164 valence electrons. The highest BCUT2D eigenvalue weighted by molar-refractivity contribution is 5.83. The van der Waals surface area contributed by atoms with E-state index in [2.05, 4.69) is 35.6 Å². The fourth-order valence-electron chi connectivity index (χ4n) is 3.71. The number of carboxylic acid groups (broad SMARTS) is 1. The van der Waals surface area contributed by atoms with Crippen molar-refractivity contribution in [3.8, 4) is 0 Å². The molecule has 3 aromatic carbocycles. The number of aliphatic carboxylic acids is 1. The summed E-state index contributed by atoms with van der Waals surface area (Å²) in [5.74, 6) is -3.22. The van der Waals surface area contributed by atoms with Crippen LogP contribution in [0.1, 0.15) is 43.1 Å². The maximum atomic E-state index is 14.3. The van der Waals surface area contributed by atoms with Crippen molar-refractivity contribution in [2.75, 3.05) is 6.54 Å². The summed E-state index contributed by atoms with van der Waals surface area (Å²) in [5, 5.41) is 24.9. The van der Waals surface area contributed by atoms with Crippen LogP contribution in [-0.4, -0.2) is 28.3 Å². The first-order valence-corrected chi connectivity index (χ1v) is 10.2. The van der Waals surface area contributed by atoms with Crippen LogP contribution < -0.4 is 5.32 Å². The van der Waals surface area contributed by atoms with Crippen LogP contribution in [0.4, 0.5) is 8.78 Å². The number of hydrogen-bond acceptors (Lipinski definition) is 3. The van der Waals surface area contributed by atoms with Gasteiger partial charge in [-0.05, 0) is 60.7 Å². The highest BCUT2D eigenvalue weighted by atomic mass is 19.2. The lowest BCUT2D eigenvalue weighted by Crippen LogP contribution is -2.43. The Morgan fingerprint density at radius 2 is 1.74 bits per heavy atom. The summed E-state index contributed by atoms with van der Waals surface area (Å²) >= 11 is 0. The zero-order chi connectivity index (χ0) is 22.6. The van der Waals surface area contributed by atoms with Crippen LogP contribution >= 0.6 is 0 Å². The number of rotatable bonds is 9. The molecule has 4 nitrogen and oxygen atoms in total. The number of aryl methyl sites for hydroxylation is 1. The SMILES string of the molecule is CC(C)(Cc1ccc2ccccc2c1)NC[C@@H](O)c1cc(CCC(=O)O)cc(F)c1F. The number of aliphatic hydroxyl groups is 1. The minimum Gasteiger partial charge on any atom is -0.481 e. The maximum absolute atomic E-state index is 14.3. The molecular formula is C25H27F2NO3. The van der Waals surface area contributed by atoms with E-state index >= 15 is 0 Å². The molecule has 0 aliphatic carbocycles. The van der Waals surface area contributed by atoms with Crippen molar-refractivity contribution in [1.29, 1.82) is 0 Å². The maximum Gasteiger partial charge on any atom is 0.303 e. The van der Waals surface area contributed by atoms with Crippen molar-refractivity contribution < 1.29 is 23.8 Å². The van der Waals surface area contributed by atoms with Gasteiger partial charge in [-0.15, -0.1) is 0 Å². The fourth-order valence-corrected chi connectivity index (χ4v) is 3.71. The Kier molecular flexibility index (Phi) is 7.03. The van der Waals surface area contributed by atoms with E-state index < -0.39 is 29.2 Å². The minimum atomic E-state index is -1.27. The molecule has 0 saturated carbocycles. The molecule has 0 bridgehead atoms. The molecule has 1 atom stereocenters. The van der Waals surface area contributed by atoms with Crippen molar-refractivity contribution in [2.24, 2.45) is 0 Å². The monoisotopic (exact) mass is 427 g/mol. The fraction of sp³-hybridized carbons (Fsp3) is 0.320. The summed E-state index contributed by atoms with van der Waals surface area (Å²) in [6, 6.07) is 16.7. The number of β-amino-alcohol motifs (C(OH)–C–C–N with tert-alkyl or cyclic N) is 1. The number of carbonyl (C=O) groups is 1. The van der Waals surface area contributed by atoms with Gasteiger partial charge in [0.1, 0.15) is 0 Å². The summed E-state index contributed by atoms with van der Waals surface area (Å²) in [7, 11) is 0. The van der Waals surface area contributed by atoms with Gasteiger partial charge in [0.2, 0.25) is 0 Å². The topological polar surface area (TPSA) is 69.6 Å². The van der Waals surface area contributed by atoms with Crippen LogP contribution in [0.25, 0.3) is 10.8 Å². The van der Waals surface area contributed by atoms with Crippen molar-refractivity contribution in [3.63, 3.8) is 0 Å². The van der Waals surface area contributed by atoms with Crippen LogP contribution in [0, 0.1) is 11.6 Å². The normalized spacial score (nSPS) is 12.8. The predicted molar refractivity (Wildman–Crippen MR) is 117 cm³/mol. The second kappa shape index (κ2) is 9.54. The highest BCUT2D eigenvalue weighted by Gasteiger charge is 2.23. The van der Waals surface area contributed by atoms with Gasteiger partial charge >= 0.3 is 5.97 Å². The zero-order valence-corrected chi connectivity index (χ0v) is 17.7. The van der Waals surface area contributed by atoms with Crippen LogP contribution in [0.2, 0.25) is 0 Å². The number of aliphatic hydroxyl groups excluding tert-OH is 1. The zero-order valence-electron chi connectivity index (χ0n) is 17.7. The van der Waals surface area contributed by atoms with E-state index in [1.54, 1.807) is 0 Å². The third kappa shape index (κ3) is 6.09. The van der Waals surface area contributed by atoms with Gasteiger partial charge in [-0.1, -0.05) is 42.5 Å². The minimum absolute atomic E-state index is 0.0271. The molecule has 0 fully saturated rings. The van der Waals surface area contributed by atoms with Crippen molar-refractivity contribution in [1.82, 2.24) is 5.32 Å². The van der Waals surface area contributed by atoms with Gasteiger partial charge in [0, 0.05) is 24.1 Å². The van der Waals surface area contributed by atoms with Gasteiger partial charge in [-0.3, -0.25) is 4.79 Å². The first-order chi connectivity index (χ1) is 14.6. The molecule has 0 spiro atoms. The molecule has 0 aromatic heterocycles. The van der Waals surface area contributed by atoms with Gasteiger partial charge in [0.05, 0.1) is 6.10 Å². The molecule has 3 aromatic rings. The van der Waals surface area contributed by atoms with Gasteiger partial charge in [0.25, 0.3) is 0 Å². The quantitative estimate of drug-likeness (QED) is 0.460. The lowest BCUT2D eigenvalue weighted by molar-refractivity contribution is -0.136. The molecule has 0 aliphatic rings. The molecule has 0 heterocycles. The molecular weight excluding hydrogens is 400 g/mol. The Bertz CT molecular complexity index is 1080. The van der Waals surface area contributed by atoms with E-state index in [0.717, 1.165) is 22.4 Å². The summed E-state index contributed by atoms with van der Waals surface area (Å²) in [5.41, 5.74) is 0.887. The molecule has 3 N–H and O–H groups in total. The van der Waals surface area contributed by atoms with E-state index in [1.807, 2.05) is 26.0 Å². The third-order valence-corrected chi connectivity index (χ3v) is 5.34. The number of halogens is 2. The lowest BCUT2D eigenvalue weighted by Gasteiger charge is -2.28. The van der Waals surface area contributed by atoms with Crippen LogP contribution in [-0.2, 0) is 17.6 Å². The highest BCUT2D eigenvalue weighted by Crippen LogP contribution is 2.24. The standard InChI is InChI=1S/C25H27F2NO3/c1-25(2,14-17-7-9-18-5-3-4-6-19(18)11-17)28-15-22(29)20-12-16(8-10-23(30)31)13-21(26)24(20)27/h3-7,9,11-13,22,28-29H,8,10,14-15H2,1-2H3,(H,30,31)/t22-/m1/s1. The predicted octanol–water partition coefficient (Wildman–Crippen LogP) is 4.78. The van der Waals surface area contributed by atoms with E-state index in [1.165, 1.54) is 6.07 Å². The van der Waals surface area contributed by atoms with E-state index in [4.69, 9.17) is 5.11 Å². The molecule has 6 heteroatoms. The summed E-state index contributed by atoms with van der Waals surface area (Å²) < 4.78 is 28.2. The van der Waals surface area contributed by atoms with Gasteiger partial charge in [-0.2, -0.15) is 0 Å². The first-order valence-electron chi connectivity index (χ1n) is 10.2. The van der Waals surface area contributed by atoms with E-state index in [-0.39, 0.29) is 24.9 Å². The number of hydrogen-bond donors (Lipinski definition) is 3. The van der Waals surface area contributed by atoms with E-state index in [9.17, 15) is 18.7 Å². The molecule has 0 saturated heterocycles. The van der Waals surface area contributed by atoms with Crippen LogP contribution in [0.15, 0.2) is 54.6 Å². The number of benzene rings is 3. The average molecular weight is 427 g/mol. The smallest absolute Gasteiger partial charge is 0.303 e. The second-order valence-electron chi connectivity index (χ2n) is 8.51. The molecule has 0 unspecified atom stereocenters. The molecule has 0 radical (unpaired) electrons. The van der Waals surface area contributed by atoms with Crippen molar-refractivity contribution in [2.45, 2.75) is 44.8 Å². The van der Waals surface area contributed by atoms with Gasteiger partial charge in [-0.25, -0.2) is 8.78 Å². The molecule has 3 rings (SSSR count). The van der Waals surface area contributed by atoms with Crippen LogP contribution in [0.3, 0.4) is 0 Å². The van der Waals surface area contributed by atoms with Gasteiger partial charge < -0.3 is 15.5 Å². The summed E-state index contributed by atoms with van der Waals surface area (Å²) in [6.07, 6.45) is -0.722. The summed E-state index contributed by atoms with van der Waals surface area (Å²) in [4.78, 5) is 10.8. The molecule has 0 aliphatic heterocycles. The van der Waals surface area contributed by atoms with Crippen LogP contribution in [0.5, 0.6) is 0 Å². The molecule has 0 amide bonds.